The van der Waals surface area contributed by atoms with Crippen LogP contribution < -0.4 is 10.6 Å². The molecule has 1 unspecified atom stereocenters. The van der Waals surface area contributed by atoms with Gasteiger partial charge in [0, 0.05) is 23.5 Å². The molecule has 0 radical (unpaired) electrons. The van der Waals surface area contributed by atoms with Gasteiger partial charge in [0.15, 0.2) is 0 Å². The van der Waals surface area contributed by atoms with Crippen LogP contribution in [0.2, 0.25) is 0 Å². The number of hydrogen-bond donors (Lipinski definition) is 4. The molecular formula is C32H29F3N6O3. The summed E-state index contributed by atoms with van der Waals surface area (Å²) in [5.41, 5.74) is 3.99. The second-order valence-corrected chi connectivity index (χ2v) is 10.9. The van der Waals surface area contributed by atoms with Crippen LogP contribution in [0, 0.1) is 0 Å². The first-order chi connectivity index (χ1) is 21.1. The maximum atomic E-state index is 13.3. The molecule has 2 aromatic heterocycles. The summed E-state index contributed by atoms with van der Waals surface area (Å²) in [5, 5.41) is 29.9. The van der Waals surface area contributed by atoms with E-state index in [1.807, 2.05) is 30.3 Å². The van der Waals surface area contributed by atoms with Crippen LogP contribution in [-0.4, -0.2) is 42.5 Å². The van der Waals surface area contributed by atoms with Gasteiger partial charge in [-0.3, -0.25) is 9.48 Å². The van der Waals surface area contributed by atoms with Crippen LogP contribution >= 0.6 is 0 Å². The molecule has 1 fully saturated rings. The van der Waals surface area contributed by atoms with E-state index in [9.17, 15) is 23.1 Å². The summed E-state index contributed by atoms with van der Waals surface area (Å²) in [6, 6.07) is 14.2. The number of aromatic nitrogens is 4. The molecular weight excluding hydrogens is 573 g/mol. The van der Waals surface area contributed by atoms with Crippen LogP contribution in [0.15, 0.2) is 73.2 Å². The third-order valence-electron chi connectivity index (χ3n) is 7.61. The molecule has 1 aliphatic rings. The number of aliphatic hydroxyl groups is 1. The number of phenols is 1. The normalized spacial score (nSPS) is 14.0. The quantitative estimate of drug-likeness (QED) is 0.150. The van der Waals surface area contributed by atoms with Crippen molar-refractivity contribution >= 4 is 34.1 Å². The Morgan fingerprint density at radius 3 is 2.64 bits per heavy atom. The van der Waals surface area contributed by atoms with Gasteiger partial charge >= 0.3 is 6.18 Å². The van der Waals surface area contributed by atoms with Gasteiger partial charge in [-0.2, -0.15) is 18.3 Å². The smallest absolute Gasteiger partial charge is 0.416 e. The zero-order valence-corrected chi connectivity index (χ0v) is 23.6. The van der Waals surface area contributed by atoms with Crippen LogP contribution in [0.3, 0.4) is 0 Å². The predicted octanol–water partition coefficient (Wildman–Crippen LogP) is 6.57. The lowest BCUT2D eigenvalue weighted by Gasteiger charge is -2.17. The minimum absolute atomic E-state index is 0.0159. The molecule has 9 nitrogen and oxygen atoms in total. The highest BCUT2D eigenvalue weighted by Gasteiger charge is 2.32. The van der Waals surface area contributed by atoms with Crippen molar-refractivity contribution in [1.82, 2.24) is 19.7 Å². The largest absolute Gasteiger partial charge is 0.508 e. The summed E-state index contributed by atoms with van der Waals surface area (Å²) in [5.74, 6) is -1.18. The van der Waals surface area contributed by atoms with Crippen molar-refractivity contribution in [1.29, 1.82) is 0 Å². The molecule has 6 rings (SSSR count). The van der Waals surface area contributed by atoms with Gasteiger partial charge in [0.2, 0.25) is 11.9 Å². The second-order valence-electron chi connectivity index (χ2n) is 10.9. The van der Waals surface area contributed by atoms with Crippen molar-refractivity contribution in [2.24, 2.45) is 0 Å². The Labute approximate surface area is 250 Å². The highest BCUT2D eigenvalue weighted by Crippen LogP contribution is 2.45. The van der Waals surface area contributed by atoms with Crippen molar-refractivity contribution in [3.8, 4) is 16.9 Å². The number of amides is 1. The number of alkyl halides is 3. The molecule has 0 saturated heterocycles. The third kappa shape index (κ3) is 6.35. The van der Waals surface area contributed by atoms with Crippen LogP contribution in [0.4, 0.5) is 30.5 Å². The molecule has 1 saturated carbocycles. The van der Waals surface area contributed by atoms with E-state index in [2.05, 4.69) is 25.7 Å². The average Bonchev–Trinajstić information content (AvgIpc) is 3.75. The average molecular weight is 603 g/mol. The number of anilines is 3. The van der Waals surface area contributed by atoms with Crippen molar-refractivity contribution in [2.45, 2.75) is 44.3 Å². The van der Waals surface area contributed by atoms with Crippen LogP contribution in [0.5, 0.6) is 5.75 Å². The zero-order chi connectivity index (χ0) is 31.0. The number of rotatable bonds is 9. The molecule has 1 atom stereocenters. The number of phenolic OH excluding ortho intramolecular Hbond substituents is 1. The van der Waals surface area contributed by atoms with E-state index in [-0.39, 0.29) is 12.2 Å². The third-order valence-corrected chi connectivity index (χ3v) is 7.61. The maximum Gasteiger partial charge on any atom is 0.416 e. The maximum absolute atomic E-state index is 13.3. The van der Waals surface area contributed by atoms with Gasteiger partial charge in [-0.05, 0) is 90.4 Å². The summed E-state index contributed by atoms with van der Waals surface area (Å²) in [7, 11) is 0. The lowest BCUT2D eigenvalue weighted by molar-refractivity contribution is -0.137. The lowest BCUT2D eigenvalue weighted by Crippen LogP contribution is -2.19. The topological polar surface area (TPSA) is 125 Å². The molecule has 1 aliphatic carbocycles. The summed E-state index contributed by atoms with van der Waals surface area (Å²) < 4.78 is 41.4. The highest BCUT2D eigenvalue weighted by molar-refractivity contribution is 5.96. The van der Waals surface area contributed by atoms with E-state index >= 15 is 0 Å². The molecule has 3 aromatic carbocycles. The van der Waals surface area contributed by atoms with Gasteiger partial charge in [-0.15, -0.1) is 0 Å². The number of halogens is 3. The van der Waals surface area contributed by atoms with Crippen molar-refractivity contribution < 1.29 is 28.2 Å². The number of benzene rings is 3. The van der Waals surface area contributed by atoms with E-state index in [1.54, 1.807) is 29.3 Å². The van der Waals surface area contributed by atoms with Gasteiger partial charge in [0.25, 0.3) is 0 Å². The molecule has 0 aliphatic heterocycles. The molecule has 5 aromatic rings. The Morgan fingerprint density at radius 2 is 1.89 bits per heavy atom. The first-order valence-corrected chi connectivity index (χ1v) is 14.1. The van der Waals surface area contributed by atoms with Gasteiger partial charge in [0.05, 0.1) is 42.0 Å². The number of nitrogens with one attached hydrogen (secondary N) is 2. The second kappa shape index (κ2) is 11.6. The van der Waals surface area contributed by atoms with Gasteiger partial charge in [0.1, 0.15) is 5.75 Å². The minimum Gasteiger partial charge on any atom is -0.508 e. The molecule has 226 valence electrons. The fourth-order valence-electron chi connectivity index (χ4n) is 5.13. The van der Waals surface area contributed by atoms with Crippen LogP contribution in [0.1, 0.15) is 48.3 Å². The number of carbonyl (C=O) groups is 1. The number of carbonyl (C=O) groups excluding carboxylic acids is 1. The summed E-state index contributed by atoms with van der Waals surface area (Å²) in [6.45, 7) is 1.87. The molecule has 0 bridgehead atoms. The van der Waals surface area contributed by atoms with Gasteiger partial charge < -0.3 is 20.8 Å². The zero-order valence-electron chi connectivity index (χ0n) is 23.6. The number of nitrogens with zero attached hydrogens (tertiary/aromatic N) is 4. The Hall–Kier alpha value is -4.97. The van der Waals surface area contributed by atoms with E-state index in [1.165, 1.54) is 13.0 Å². The highest BCUT2D eigenvalue weighted by atomic mass is 19.4. The Morgan fingerprint density at radius 1 is 1.07 bits per heavy atom. The molecule has 2 heterocycles. The van der Waals surface area contributed by atoms with Crippen molar-refractivity contribution in [3.63, 3.8) is 0 Å². The lowest BCUT2D eigenvalue weighted by atomic mass is 9.94. The van der Waals surface area contributed by atoms with Crippen molar-refractivity contribution in [3.05, 3.63) is 89.9 Å². The van der Waals surface area contributed by atoms with Crippen molar-refractivity contribution in [2.75, 3.05) is 17.2 Å². The van der Waals surface area contributed by atoms with E-state index in [0.29, 0.717) is 35.9 Å². The Bertz CT molecular complexity index is 1850. The summed E-state index contributed by atoms with van der Waals surface area (Å²) in [4.78, 5) is 22.2. The van der Waals surface area contributed by atoms with Gasteiger partial charge in [-0.1, -0.05) is 12.1 Å². The minimum atomic E-state index is -4.65. The molecule has 4 N–H and O–H groups in total. The summed E-state index contributed by atoms with van der Waals surface area (Å²) >= 11 is 0. The number of aromatic hydroxyl groups is 1. The summed E-state index contributed by atoms with van der Waals surface area (Å²) in [6.07, 6.45) is 2.58. The molecule has 1 amide bonds. The number of fused-ring (bicyclic) bond motifs is 1. The van der Waals surface area contributed by atoms with E-state index in [4.69, 9.17) is 5.11 Å². The van der Waals surface area contributed by atoms with Crippen LogP contribution in [-0.2, 0) is 17.5 Å². The fraction of sp³-hybridized carbons (Fsp3) is 0.250. The Balaban J connectivity index is 1.24. The molecule has 44 heavy (non-hydrogen) atoms. The molecule has 12 heteroatoms. The number of hydrogen-bond acceptors (Lipinski definition) is 7. The first kappa shape index (κ1) is 29.1. The van der Waals surface area contributed by atoms with E-state index < -0.39 is 29.3 Å². The van der Waals surface area contributed by atoms with Gasteiger partial charge in [-0.25, -0.2) is 9.97 Å². The Kier molecular flexibility index (Phi) is 7.68. The molecule has 0 spiro atoms. The van der Waals surface area contributed by atoms with Crippen LogP contribution in [0.25, 0.3) is 22.0 Å². The first-order valence-electron chi connectivity index (χ1n) is 14.1. The standard InChI is InChI=1S/C32H29F3N6O3/c1-18(21-11-23(32(33,34)35)13-26(43)12-21)30(44)38-24-5-6-27(19-2-3-19)28(14-24)20-4-7-29-22(10-20)15-36-31(40-29)39-25-16-37-41(17-25)8-9-42/h4-7,10-19,42-43H,2-3,8-9H2,1H3,(H,38,44)(H,36,39,40). The predicted molar refractivity (Wildman–Crippen MR) is 160 cm³/mol. The monoisotopic (exact) mass is 602 g/mol. The fourth-order valence-corrected chi connectivity index (χ4v) is 5.13. The number of aliphatic hydroxyl groups excluding tert-OH is 1. The SMILES string of the molecule is CC(C(=O)Nc1ccc(C2CC2)c(-c2ccc3nc(Nc4cnn(CCO)c4)ncc3c2)c1)c1cc(O)cc(C(F)(F)F)c1. The van der Waals surface area contributed by atoms with E-state index in [0.717, 1.165) is 46.5 Å².